The van der Waals surface area contributed by atoms with E-state index in [4.69, 9.17) is 4.74 Å². The van der Waals surface area contributed by atoms with Crippen molar-refractivity contribution < 1.29 is 23.9 Å². The minimum Gasteiger partial charge on any atom is -0.433 e. The largest absolute Gasteiger partial charge is 0.433 e. The number of cyclic esters (lactones) is 1. The van der Waals surface area contributed by atoms with Crippen molar-refractivity contribution in [2.75, 3.05) is 0 Å². The summed E-state index contributed by atoms with van der Waals surface area (Å²) in [5.41, 5.74) is -0.401. The van der Waals surface area contributed by atoms with Crippen LogP contribution < -0.4 is 5.32 Å². The standard InChI is InChI=1S/C20H16N2O5/c23-15-11-12-16(24)27-17(15)22-18(25)20(21-19(22)26,13-7-3-1-4-8-13)14-9-5-2-6-10-14/h1-10,17H,11-12H2,(H,21,26). The molecule has 1 atom stereocenters. The monoisotopic (exact) mass is 364 g/mol. The quantitative estimate of drug-likeness (QED) is 0.661. The van der Waals surface area contributed by atoms with Gasteiger partial charge in [-0.1, -0.05) is 60.7 Å². The molecule has 0 aliphatic carbocycles. The molecule has 2 aliphatic rings. The molecule has 1 unspecified atom stereocenters. The van der Waals surface area contributed by atoms with Crippen LogP contribution in [0.5, 0.6) is 0 Å². The molecule has 0 aromatic heterocycles. The Morgan fingerprint density at radius 2 is 1.41 bits per heavy atom. The van der Waals surface area contributed by atoms with E-state index in [0.29, 0.717) is 11.1 Å². The first-order valence-electron chi connectivity index (χ1n) is 8.53. The van der Waals surface area contributed by atoms with Gasteiger partial charge in [-0.15, -0.1) is 0 Å². The number of carbonyl (C=O) groups is 4. The summed E-state index contributed by atoms with van der Waals surface area (Å²) >= 11 is 0. The van der Waals surface area contributed by atoms with Crippen LogP contribution in [0.25, 0.3) is 0 Å². The SMILES string of the molecule is O=C1CCC(=O)C(N2C(=O)NC(c3ccccc3)(c3ccccc3)C2=O)O1. The van der Waals surface area contributed by atoms with Crippen LogP contribution in [0, 0.1) is 0 Å². The molecule has 2 saturated heterocycles. The molecule has 2 aromatic rings. The van der Waals surface area contributed by atoms with Gasteiger partial charge in [0.25, 0.3) is 5.91 Å². The van der Waals surface area contributed by atoms with E-state index in [-0.39, 0.29) is 12.8 Å². The molecule has 2 fully saturated rings. The lowest BCUT2D eigenvalue weighted by molar-refractivity contribution is -0.172. The molecule has 27 heavy (non-hydrogen) atoms. The van der Waals surface area contributed by atoms with Crippen LogP contribution in [0.1, 0.15) is 24.0 Å². The van der Waals surface area contributed by atoms with E-state index in [1.54, 1.807) is 60.7 Å². The van der Waals surface area contributed by atoms with Gasteiger partial charge in [-0.2, -0.15) is 0 Å². The van der Waals surface area contributed by atoms with Gasteiger partial charge in [0.05, 0.1) is 6.42 Å². The molecule has 4 rings (SSSR count). The summed E-state index contributed by atoms with van der Waals surface area (Å²) in [7, 11) is 0. The Balaban J connectivity index is 1.84. The fourth-order valence-corrected chi connectivity index (χ4v) is 3.49. The lowest BCUT2D eigenvalue weighted by Crippen LogP contribution is -2.51. The molecule has 0 spiro atoms. The van der Waals surface area contributed by atoms with Crippen LogP contribution in [0.2, 0.25) is 0 Å². The molecule has 3 amide bonds. The van der Waals surface area contributed by atoms with Crippen LogP contribution in [-0.2, 0) is 24.7 Å². The summed E-state index contributed by atoms with van der Waals surface area (Å²) in [4.78, 5) is 50.9. The fraction of sp³-hybridized carbons (Fsp3) is 0.200. The van der Waals surface area contributed by atoms with Gasteiger partial charge in [0.2, 0.25) is 6.23 Å². The summed E-state index contributed by atoms with van der Waals surface area (Å²) in [6.07, 6.45) is -1.65. The van der Waals surface area contributed by atoms with Gasteiger partial charge in [0, 0.05) is 6.42 Å². The van der Waals surface area contributed by atoms with Crippen LogP contribution in [-0.4, -0.2) is 34.8 Å². The first kappa shape index (κ1) is 17.0. The van der Waals surface area contributed by atoms with Gasteiger partial charge >= 0.3 is 12.0 Å². The van der Waals surface area contributed by atoms with Crippen LogP contribution in [0.15, 0.2) is 60.7 Å². The highest BCUT2D eigenvalue weighted by Gasteiger charge is 2.57. The van der Waals surface area contributed by atoms with E-state index in [9.17, 15) is 19.2 Å². The molecule has 2 aromatic carbocycles. The Morgan fingerprint density at radius 3 is 1.96 bits per heavy atom. The Kier molecular flexibility index (Phi) is 3.99. The second-order valence-electron chi connectivity index (χ2n) is 6.40. The van der Waals surface area contributed by atoms with Crippen molar-refractivity contribution in [1.29, 1.82) is 0 Å². The number of amides is 3. The summed E-state index contributed by atoms with van der Waals surface area (Å²) in [6.45, 7) is 0. The number of hydrogen-bond donors (Lipinski definition) is 1. The number of urea groups is 1. The van der Waals surface area contributed by atoms with E-state index in [2.05, 4.69) is 5.32 Å². The zero-order valence-electron chi connectivity index (χ0n) is 14.3. The van der Waals surface area contributed by atoms with Gasteiger partial charge < -0.3 is 10.1 Å². The van der Waals surface area contributed by atoms with E-state index in [1.807, 2.05) is 0 Å². The van der Waals surface area contributed by atoms with E-state index >= 15 is 0 Å². The predicted molar refractivity (Wildman–Crippen MR) is 93.2 cm³/mol. The van der Waals surface area contributed by atoms with Crippen LogP contribution in [0.3, 0.4) is 0 Å². The maximum Gasteiger partial charge on any atom is 0.328 e. The maximum atomic E-state index is 13.5. The zero-order valence-corrected chi connectivity index (χ0v) is 14.3. The number of imide groups is 1. The molecular weight excluding hydrogens is 348 g/mol. The Labute approximate surface area is 154 Å². The highest BCUT2D eigenvalue weighted by atomic mass is 16.6. The lowest BCUT2D eigenvalue weighted by Gasteiger charge is -2.30. The van der Waals surface area contributed by atoms with Crippen molar-refractivity contribution in [2.45, 2.75) is 24.6 Å². The first-order chi connectivity index (χ1) is 13.0. The van der Waals surface area contributed by atoms with Crippen molar-refractivity contribution in [3.05, 3.63) is 71.8 Å². The van der Waals surface area contributed by atoms with Gasteiger partial charge in [-0.25, -0.2) is 9.69 Å². The fourth-order valence-electron chi connectivity index (χ4n) is 3.49. The summed E-state index contributed by atoms with van der Waals surface area (Å²) in [5, 5.41) is 2.73. The second-order valence-corrected chi connectivity index (χ2v) is 6.40. The number of ketones is 1. The molecule has 7 nitrogen and oxygen atoms in total. The molecule has 1 N–H and O–H groups in total. The topological polar surface area (TPSA) is 92.8 Å². The Morgan fingerprint density at radius 1 is 0.852 bits per heavy atom. The molecule has 0 saturated carbocycles. The summed E-state index contributed by atoms with van der Waals surface area (Å²) in [6, 6.07) is 16.8. The molecule has 2 aliphatic heterocycles. The number of nitrogens with one attached hydrogen (secondary N) is 1. The number of Topliss-reactive ketones (excluding diaryl/α,β-unsaturated/α-hetero) is 1. The van der Waals surface area contributed by atoms with Crippen molar-refractivity contribution in [2.24, 2.45) is 0 Å². The molecule has 2 heterocycles. The zero-order chi connectivity index (χ0) is 19.0. The van der Waals surface area contributed by atoms with Crippen molar-refractivity contribution in [3.8, 4) is 0 Å². The van der Waals surface area contributed by atoms with Crippen molar-refractivity contribution >= 4 is 23.7 Å². The third kappa shape index (κ3) is 2.59. The minimum absolute atomic E-state index is 0.0541. The highest BCUT2D eigenvalue weighted by Crippen LogP contribution is 2.37. The van der Waals surface area contributed by atoms with E-state index < -0.39 is 35.5 Å². The number of rotatable bonds is 3. The first-order valence-corrected chi connectivity index (χ1v) is 8.53. The van der Waals surface area contributed by atoms with Gasteiger partial charge in [-0.05, 0) is 11.1 Å². The van der Waals surface area contributed by atoms with Crippen molar-refractivity contribution in [3.63, 3.8) is 0 Å². The molecular formula is C20H16N2O5. The highest BCUT2D eigenvalue weighted by molar-refractivity contribution is 6.12. The predicted octanol–water partition coefficient (Wildman–Crippen LogP) is 1.71. The Bertz CT molecular complexity index is 886. The van der Waals surface area contributed by atoms with E-state index in [0.717, 1.165) is 4.90 Å². The smallest absolute Gasteiger partial charge is 0.328 e. The van der Waals surface area contributed by atoms with Gasteiger partial charge in [0.15, 0.2) is 11.3 Å². The third-order valence-corrected chi connectivity index (χ3v) is 4.79. The lowest BCUT2D eigenvalue weighted by atomic mass is 9.82. The van der Waals surface area contributed by atoms with Gasteiger partial charge in [0.1, 0.15) is 0 Å². The summed E-state index contributed by atoms with van der Waals surface area (Å²) < 4.78 is 5.04. The molecule has 136 valence electrons. The average molecular weight is 364 g/mol. The average Bonchev–Trinajstić information content (AvgIpc) is 2.96. The number of esters is 1. The van der Waals surface area contributed by atoms with Crippen LogP contribution in [0.4, 0.5) is 4.79 Å². The number of hydrogen-bond acceptors (Lipinski definition) is 5. The van der Waals surface area contributed by atoms with E-state index in [1.165, 1.54) is 0 Å². The number of carbonyl (C=O) groups excluding carboxylic acids is 4. The number of nitrogens with zero attached hydrogens (tertiary/aromatic N) is 1. The minimum atomic E-state index is -1.53. The number of benzene rings is 2. The summed E-state index contributed by atoms with van der Waals surface area (Å²) in [5.74, 6) is -1.75. The molecule has 7 heteroatoms. The molecule has 0 radical (unpaired) electrons. The van der Waals surface area contributed by atoms with Gasteiger partial charge in [-0.3, -0.25) is 14.4 Å². The third-order valence-electron chi connectivity index (χ3n) is 4.79. The van der Waals surface area contributed by atoms with Crippen molar-refractivity contribution in [1.82, 2.24) is 10.2 Å². The Hall–Kier alpha value is -3.48. The maximum absolute atomic E-state index is 13.5. The number of ether oxygens (including phenoxy) is 1. The second kappa shape index (κ2) is 6.35. The van der Waals surface area contributed by atoms with Crippen LogP contribution >= 0.6 is 0 Å². The normalized spacial score (nSPS) is 21.8. The molecule has 0 bridgehead atoms.